The van der Waals surface area contributed by atoms with Crippen LogP contribution in [0, 0.1) is 0 Å². The summed E-state index contributed by atoms with van der Waals surface area (Å²) in [4.78, 5) is 22.5. The lowest BCUT2D eigenvalue weighted by atomic mass is 9.97. The summed E-state index contributed by atoms with van der Waals surface area (Å²) < 4.78 is 0. The van der Waals surface area contributed by atoms with E-state index < -0.39 is 11.8 Å². The zero-order chi connectivity index (χ0) is 15.7. The van der Waals surface area contributed by atoms with Crippen LogP contribution in [0.2, 0.25) is 0 Å². The molecule has 2 N–H and O–H groups in total. The lowest BCUT2D eigenvalue weighted by molar-refractivity contribution is -0.131. The largest absolute Gasteiger partial charge is 0.507 e. The van der Waals surface area contributed by atoms with Gasteiger partial charge in [0.2, 0.25) is 0 Å². The van der Waals surface area contributed by atoms with Crippen LogP contribution in [-0.4, -0.2) is 22.0 Å². The Hall–Kier alpha value is -1.84. The molecule has 1 aromatic carbocycles. The number of Topliss-reactive ketones (excluding diaryl/α,β-unsaturated/α-hetero) is 1. The molecule has 1 rings (SSSR count). The third-order valence-electron chi connectivity index (χ3n) is 3.60. The third-order valence-corrected chi connectivity index (χ3v) is 3.60. The summed E-state index contributed by atoms with van der Waals surface area (Å²) in [5.74, 6) is -2.81. The van der Waals surface area contributed by atoms with Crippen molar-refractivity contribution in [2.24, 2.45) is 0 Å². The number of carbonyl (C=O) groups excluding carboxylic acids is 1. The first-order valence-corrected chi connectivity index (χ1v) is 7.66. The molecule has 0 aliphatic rings. The Balaban J connectivity index is 2.53. The van der Waals surface area contributed by atoms with Crippen molar-refractivity contribution in [3.05, 3.63) is 29.3 Å². The number of rotatable bonds is 10. The van der Waals surface area contributed by atoms with Gasteiger partial charge in [0.1, 0.15) is 5.75 Å². The Morgan fingerprint density at radius 2 is 1.62 bits per heavy atom. The lowest BCUT2D eigenvalue weighted by Gasteiger charge is -2.08. The van der Waals surface area contributed by atoms with Crippen molar-refractivity contribution in [2.45, 2.75) is 58.3 Å². The number of hydrogen-bond acceptors (Lipinski definition) is 3. The van der Waals surface area contributed by atoms with E-state index in [2.05, 4.69) is 6.92 Å². The zero-order valence-corrected chi connectivity index (χ0v) is 12.6. The van der Waals surface area contributed by atoms with Gasteiger partial charge in [0.05, 0.1) is 5.56 Å². The molecule has 0 heterocycles. The summed E-state index contributed by atoms with van der Waals surface area (Å²) >= 11 is 0. The summed E-state index contributed by atoms with van der Waals surface area (Å²) in [6, 6.07) is 4.71. The number of phenolic OH excluding ortho intramolecular Hbond substituents is 1. The molecule has 0 unspecified atom stereocenters. The number of aryl methyl sites for hydroxylation is 1. The van der Waals surface area contributed by atoms with Crippen molar-refractivity contribution in [2.75, 3.05) is 0 Å². The first kappa shape index (κ1) is 17.2. The van der Waals surface area contributed by atoms with E-state index in [9.17, 15) is 14.7 Å². The van der Waals surface area contributed by atoms with Gasteiger partial charge in [0, 0.05) is 0 Å². The van der Waals surface area contributed by atoms with Crippen LogP contribution in [0.1, 0.15) is 67.8 Å². The number of carboxylic acid groups (broad SMARTS) is 1. The summed E-state index contributed by atoms with van der Waals surface area (Å²) in [5, 5.41) is 18.5. The Kier molecular flexibility index (Phi) is 7.51. The number of aliphatic carboxylic acids is 1. The summed E-state index contributed by atoms with van der Waals surface area (Å²) in [5.41, 5.74) is 0.562. The molecule has 0 saturated heterocycles. The number of phenols is 1. The number of hydrogen-bond donors (Lipinski definition) is 2. The third kappa shape index (κ3) is 5.58. The van der Waals surface area contributed by atoms with Gasteiger partial charge < -0.3 is 10.2 Å². The highest BCUT2D eigenvalue weighted by Crippen LogP contribution is 2.23. The molecule has 0 radical (unpaired) electrons. The maximum atomic E-state index is 11.6. The molecule has 0 aliphatic heterocycles. The van der Waals surface area contributed by atoms with Crippen LogP contribution >= 0.6 is 0 Å². The Morgan fingerprint density at radius 3 is 2.24 bits per heavy atom. The van der Waals surface area contributed by atoms with Gasteiger partial charge in [-0.3, -0.25) is 4.79 Å². The van der Waals surface area contributed by atoms with Crippen molar-refractivity contribution < 1.29 is 19.8 Å². The van der Waals surface area contributed by atoms with E-state index in [-0.39, 0.29) is 11.3 Å². The molecule has 21 heavy (non-hydrogen) atoms. The van der Waals surface area contributed by atoms with Crippen molar-refractivity contribution in [1.82, 2.24) is 0 Å². The predicted octanol–water partition coefficient (Wildman–Crippen LogP) is 3.95. The fourth-order valence-corrected chi connectivity index (χ4v) is 2.44. The second kappa shape index (κ2) is 9.16. The topological polar surface area (TPSA) is 74.6 Å². The quantitative estimate of drug-likeness (QED) is 0.389. The van der Waals surface area contributed by atoms with E-state index in [1.54, 1.807) is 12.1 Å². The molecule has 0 atom stereocenters. The summed E-state index contributed by atoms with van der Waals surface area (Å²) in [6.07, 6.45) is 8.70. The monoisotopic (exact) mass is 292 g/mol. The van der Waals surface area contributed by atoms with E-state index in [0.29, 0.717) is 12.0 Å². The van der Waals surface area contributed by atoms with Crippen molar-refractivity contribution in [1.29, 1.82) is 0 Å². The second-order valence-corrected chi connectivity index (χ2v) is 5.32. The minimum Gasteiger partial charge on any atom is -0.507 e. The van der Waals surface area contributed by atoms with Gasteiger partial charge in [-0.15, -0.1) is 0 Å². The van der Waals surface area contributed by atoms with Gasteiger partial charge in [-0.25, -0.2) is 4.79 Å². The molecule has 0 amide bonds. The fraction of sp³-hybridized carbons (Fsp3) is 0.529. The number of benzene rings is 1. The maximum absolute atomic E-state index is 11.6. The molecule has 4 nitrogen and oxygen atoms in total. The SMILES string of the molecule is CCCCCCCCCc1cccc(O)c1C(=O)C(=O)O. The van der Waals surface area contributed by atoms with Crippen molar-refractivity contribution >= 4 is 11.8 Å². The van der Waals surface area contributed by atoms with Crippen LogP contribution in [0.3, 0.4) is 0 Å². The average Bonchev–Trinajstić information content (AvgIpc) is 2.45. The molecule has 0 aromatic heterocycles. The smallest absolute Gasteiger partial charge is 0.377 e. The van der Waals surface area contributed by atoms with Gasteiger partial charge in [-0.2, -0.15) is 0 Å². The van der Waals surface area contributed by atoms with Gasteiger partial charge >= 0.3 is 5.97 Å². The number of ketones is 1. The molecule has 0 aliphatic carbocycles. The summed E-state index contributed by atoms with van der Waals surface area (Å²) in [7, 11) is 0. The molecule has 1 aromatic rings. The van der Waals surface area contributed by atoms with Crippen molar-refractivity contribution in [3.8, 4) is 5.75 Å². The number of aromatic hydroxyl groups is 1. The molecule has 0 spiro atoms. The van der Waals surface area contributed by atoms with Gasteiger partial charge in [0.25, 0.3) is 5.78 Å². The van der Waals surface area contributed by atoms with Crippen LogP contribution in [0.5, 0.6) is 5.75 Å². The minimum absolute atomic E-state index is 0.0593. The highest BCUT2D eigenvalue weighted by Gasteiger charge is 2.21. The number of unbranched alkanes of at least 4 members (excludes halogenated alkanes) is 6. The van der Waals surface area contributed by atoms with Crippen LogP contribution in [0.25, 0.3) is 0 Å². The molecule has 4 heteroatoms. The Morgan fingerprint density at radius 1 is 1.00 bits per heavy atom. The molecule has 116 valence electrons. The summed E-state index contributed by atoms with van der Waals surface area (Å²) in [6.45, 7) is 2.18. The Bertz CT molecular complexity index is 480. The van der Waals surface area contributed by atoms with Crippen molar-refractivity contribution in [3.63, 3.8) is 0 Å². The normalized spacial score (nSPS) is 10.5. The first-order valence-electron chi connectivity index (χ1n) is 7.66. The molecule has 0 bridgehead atoms. The highest BCUT2D eigenvalue weighted by molar-refractivity contribution is 6.40. The molecule has 0 saturated carbocycles. The molecule has 0 fully saturated rings. The maximum Gasteiger partial charge on any atom is 0.377 e. The second-order valence-electron chi connectivity index (χ2n) is 5.32. The Labute approximate surface area is 125 Å². The molecular formula is C17H24O4. The van der Waals surface area contributed by atoms with Crippen LogP contribution in [0.4, 0.5) is 0 Å². The van der Waals surface area contributed by atoms with E-state index in [1.165, 1.54) is 31.7 Å². The first-order chi connectivity index (χ1) is 10.1. The van der Waals surface area contributed by atoms with Crippen LogP contribution < -0.4 is 0 Å². The van der Waals surface area contributed by atoms with Crippen LogP contribution in [-0.2, 0) is 11.2 Å². The predicted molar refractivity (Wildman–Crippen MR) is 81.8 cm³/mol. The van der Waals surface area contributed by atoms with Gasteiger partial charge in [0.15, 0.2) is 0 Å². The van der Waals surface area contributed by atoms with Crippen LogP contribution in [0.15, 0.2) is 18.2 Å². The van der Waals surface area contributed by atoms with Gasteiger partial charge in [-0.1, -0.05) is 57.6 Å². The van der Waals surface area contributed by atoms with E-state index in [4.69, 9.17) is 5.11 Å². The average molecular weight is 292 g/mol. The lowest BCUT2D eigenvalue weighted by Crippen LogP contribution is -2.15. The minimum atomic E-state index is -1.53. The van der Waals surface area contributed by atoms with Gasteiger partial charge in [-0.05, 0) is 24.5 Å². The number of carbonyl (C=O) groups is 2. The standard InChI is InChI=1S/C17H24O4/c1-2-3-4-5-6-7-8-10-13-11-9-12-14(18)15(13)16(19)17(20)21/h9,11-12,18H,2-8,10H2,1H3,(H,20,21). The molecular weight excluding hydrogens is 268 g/mol. The fourth-order valence-electron chi connectivity index (χ4n) is 2.44. The zero-order valence-electron chi connectivity index (χ0n) is 12.6. The van der Waals surface area contributed by atoms with E-state index >= 15 is 0 Å². The number of carboxylic acids is 1. The van der Waals surface area contributed by atoms with E-state index in [0.717, 1.165) is 19.3 Å². The highest BCUT2D eigenvalue weighted by atomic mass is 16.4. The van der Waals surface area contributed by atoms with E-state index in [1.807, 2.05) is 0 Å².